The molecule has 2 rings (SSSR count). The molecule has 1 fully saturated rings. The third kappa shape index (κ3) is 3.13. The van der Waals surface area contributed by atoms with Crippen molar-refractivity contribution in [3.8, 4) is 0 Å². The van der Waals surface area contributed by atoms with E-state index in [2.05, 4.69) is 40.1 Å². The van der Waals surface area contributed by atoms with Crippen LogP contribution in [0.2, 0.25) is 0 Å². The van der Waals surface area contributed by atoms with Crippen LogP contribution in [0.15, 0.2) is 9.85 Å². The highest BCUT2D eigenvalue weighted by Crippen LogP contribution is 2.27. The minimum Gasteiger partial charge on any atom is -0.349 e. The van der Waals surface area contributed by atoms with Crippen molar-refractivity contribution < 1.29 is 4.79 Å². The Labute approximate surface area is 121 Å². The topological polar surface area (TPSA) is 32.3 Å². The molecule has 5 heteroatoms. The fourth-order valence-corrected chi connectivity index (χ4v) is 3.69. The van der Waals surface area contributed by atoms with E-state index in [-0.39, 0.29) is 5.91 Å². The second-order valence-corrected chi connectivity index (χ2v) is 7.46. The first-order valence-electron chi connectivity index (χ1n) is 6.24. The summed E-state index contributed by atoms with van der Waals surface area (Å²) in [5, 5.41) is 3.15. The molecule has 3 nitrogen and oxygen atoms in total. The highest BCUT2D eigenvalue weighted by molar-refractivity contribution is 9.11. The van der Waals surface area contributed by atoms with Gasteiger partial charge in [0, 0.05) is 18.6 Å². The first-order valence-corrected chi connectivity index (χ1v) is 7.85. The summed E-state index contributed by atoms with van der Waals surface area (Å²) in [5.74, 6) is 0.0653. The maximum Gasteiger partial charge on any atom is 0.261 e. The molecule has 0 aliphatic carbocycles. The van der Waals surface area contributed by atoms with Crippen LogP contribution < -0.4 is 5.32 Å². The molecule has 18 heavy (non-hydrogen) atoms. The van der Waals surface area contributed by atoms with Crippen LogP contribution in [0.4, 0.5) is 0 Å². The van der Waals surface area contributed by atoms with Gasteiger partial charge < -0.3 is 10.2 Å². The number of hydrogen-bond donors (Lipinski definition) is 1. The largest absolute Gasteiger partial charge is 0.349 e. The first kappa shape index (κ1) is 14.0. The third-order valence-corrected chi connectivity index (χ3v) is 5.76. The minimum atomic E-state index is 0.0653. The summed E-state index contributed by atoms with van der Waals surface area (Å²) in [6.07, 6.45) is 2.08. The van der Waals surface area contributed by atoms with Gasteiger partial charge in [0.25, 0.3) is 5.91 Å². The summed E-state index contributed by atoms with van der Waals surface area (Å²) < 4.78 is 1.05. The van der Waals surface area contributed by atoms with Gasteiger partial charge >= 0.3 is 0 Å². The number of amides is 1. The van der Waals surface area contributed by atoms with Gasteiger partial charge in [-0.05, 0) is 61.3 Å². The summed E-state index contributed by atoms with van der Waals surface area (Å²) in [6, 6.07) is 2.80. The molecule has 0 spiro atoms. The smallest absolute Gasteiger partial charge is 0.261 e. The number of likely N-dealkylation sites (tertiary alicyclic amines) is 1. The van der Waals surface area contributed by atoms with E-state index >= 15 is 0 Å². The zero-order valence-corrected chi connectivity index (χ0v) is 13.4. The number of halogens is 1. The van der Waals surface area contributed by atoms with E-state index in [1.54, 1.807) is 0 Å². The van der Waals surface area contributed by atoms with Crippen LogP contribution in [0.1, 0.15) is 35.0 Å². The monoisotopic (exact) mass is 330 g/mol. The molecule has 0 aromatic carbocycles. The number of nitrogens with one attached hydrogen (secondary N) is 1. The van der Waals surface area contributed by atoms with E-state index in [1.807, 2.05) is 13.0 Å². The Morgan fingerprint density at radius 3 is 2.89 bits per heavy atom. The van der Waals surface area contributed by atoms with E-state index in [4.69, 9.17) is 0 Å². The fraction of sp³-hybridized carbons (Fsp3) is 0.615. The lowest BCUT2D eigenvalue weighted by molar-refractivity contribution is 0.0900. The van der Waals surface area contributed by atoms with Crippen LogP contribution in [0, 0.1) is 6.92 Å². The molecule has 0 radical (unpaired) electrons. The van der Waals surface area contributed by atoms with Crippen molar-refractivity contribution in [1.29, 1.82) is 0 Å². The number of thiophene rings is 1. The number of rotatable bonds is 2. The highest BCUT2D eigenvalue weighted by Gasteiger charge is 2.24. The standard InChI is InChI=1S/C13H19BrN2OS/c1-8-6-11(18-12(8)14)13(17)15-10-4-5-16(3)9(2)7-10/h6,9-10H,4-5,7H2,1-3H3,(H,15,17). The summed E-state index contributed by atoms with van der Waals surface area (Å²) in [7, 11) is 2.14. The molecule has 1 aromatic heterocycles. The van der Waals surface area contributed by atoms with Crippen LogP contribution in [-0.4, -0.2) is 36.5 Å². The summed E-state index contributed by atoms with van der Waals surface area (Å²) in [6.45, 7) is 5.28. The van der Waals surface area contributed by atoms with E-state index in [0.717, 1.165) is 33.6 Å². The quantitative estimate of drug-likeness (QED) is 0.903. The summed E-state index contributed by atoms with van der Waals surface area (Å²) >= 11 is 4.97. The molecule has 2 unspecified atom stereocenters. The van der Waals surface area contributed by atoms with Crippen molar-refractivity contribution in [3.05, 3.63) is 20.3 Å². The second kappa shape index (κ2) is 5.72. The Bertz CT molecular complexity index is 427. The van der Waals surface area contributed by atoms with Gasteiger partial charge in [-0.1, -0.05) is 0 Å². The zero-order valence-electron chi connectivity index (χ0n) is 11.0. The van der Waals surface area contributed by atoms with Gasteiger partial charge in [0.15, 0.2) is 0 Å². The maximum absolute atomic E-state index is 12.1. The molecule has 0 saturated carbocycles. The first-order chi connectivity index (χ1) is 8.47. The number of carbonyl (C=O) groups is 1. The van der Waals surface area contributed by atoms with Crippen LogP contribution >= 0.6 is 27.3 Å². The normalized spacial score (nSPS) is 25.1. The van der Waals surface area contributed by atoms with Gasteiger partial charge in [-0.15, -0.1) is 11.3 Å². The van der Waals surface area contributed by atoms with E-state index in [1.165, 1.54) is 11.3 Å². The SMILES string of the molecule is Cc1cc(C(=O)NC2CCN(C)C(C)C2)sc1Br. The van der Waals surface area contributed by atoms with Gasteiger partial charge in [-0.2, -0.15) is 0 Å². The van der Waals surface area contributed by atoms with Crippen molar-refractivity contribution in [2.45, 2.75) is 38.8 Å². The number of nitrogens with zero attached hydrogens (tertiary/aromatic N) is 1. The number of piperidine rings is 1. The average molecular weight is 331 g/mol. The second-order valence-electron chi connectivity index (χ2n) is 5.09. The van der Waals surface area contributed by atoms with Gasteiger partial charge in [-0.25, -0.2) is 0 Å². The predicted molar refractivity (Wildman–Crippen MR) is 79.3 cm³/mol. The highest BCUT2D eigenvalue weighted by atomic mass is 79.9. The molecule has 1 N–H and O–H groups in total. The maximum atomic E-state index is 12.1. The summed E-state index contributed by atoms with van der Waals surface area (Å²) in [4.78, 5) is 15.3. The van der Waals surface area contributed by atoms with Gasteiger partial charge in [0.2, 0.25) is 0 Å². The third-order valence-electron chi connectivity index (χ3n) is 3.62. The lowest BCUT2D eigenvalue weighted by Gasteiger charge is -2.35. The lowest BCUT2D eigenvalue weighted by Crippen LogP contribution is -2.47. The molecular weight excluding hydrogens is 312 g/mol. The predicted octanol–water partition coefficient (Wildman–Crippen LogP) is 3.03. The van der Waals surface area contributed by atoms with Crippen molar-refractivity contribution in [1.82, 2.24) is 10.2 Å². The Hall–Kier alpha value is -0.390. The molecule has 100 valence electrons. The molecule has 1 aliphatic heterocycles. The molecule has 2 heterocycles. The molecule has 0 bridgehead atoms. The fourth-order valence-electron chi connectivity index (χ4n) is 2.25. The molecule has 1 saturated heterocycles. The van der Waals surface area contributed by atoms with Crippen LogP contribution in [0.25, 0.3) is 0 Å². The molecular formula is C13H19BrN2OS. The molecule has 1 aromatic rings. The Kier molecular flexibility index (Phi) is 4.45. The Morgan fingerprint density at radius 2 is 2.33 bits per heavy atom. The van der Waals surface area contributed by atoms with Gasteiger partial charge in [-0.3, -0.25) is 4.79 Å². The van der Waals surface area contributed by atoms with Crippen molar-refractivity contribution in [2.75, 3.05) is 13.6 Å². The van der Waals surface area contributed by atoms with Crippen molar-refractivity contribution in [3.63, 3.8) is 0 Å². The van der Waals surface area contributed by atoms with E-state index < -0.39 is 0 Å². The van der Waals surface area contributed by atoms with Gasteiger partial charge in [0.1, 0.15) is 0 Å². The summed E-state index contributed by atoms with van der Waals surface area (Å²) in [5.41, 5.74) is 1.13. The zero-order chi connectivity index (χ0) is 13.3. The van der Waals surface area contributed by atoms with Crippen molar-refractivity contribution >= 4 is 33.2 Å². The van der Waals surface area contributed by atoms with Crippen LogP contribution in [0.5, 0.6) is 0 Å². The number of carbonyl (C=O) groups excluding carboxylic acids is 1. The average Bonchev–Trinajstić information content (AvgIpc) is 2.65. The van der Waals surface area contributed by atoms with Crippen LogP contribution in [-0.2, 0) is 0 Å². The molecule has 1 aliphatic rings. The molecule has 1 amide bonds. The van der Waals surface area contributed by atoms with Crippen LogP contribution in [0.3, 0.4) is 0 Å². The lowest BCUT2D eigenvalue weighted by atomic mass is 9.99. The Morgan fingerprint density at radius 1 is 1.61 bits per heavy atom. The minimum absolute atomic E-state index is 0.0653. The molecule has 2 atom stereocenters. The van der Waals surface area contributed by atoms with Gasteiger partial charge in [0.05, 0.1) is 8.66 Å². The van der Waals surface area contributed by atoms with E-state index in [9.17, 15) is 4.79 Å². The Balaban J connectivity index is 1.95. The van der Waals surface area contributed by atoms with Crippen molar-refractivity contribution in [2.24, 2.45) is 0 Å². The number of aryl methyl sites for hydroxylation is 1. The van der Waals surface area contributed by atoms with E-state index in [0.29, 0.717) is 12.1 Å². The number of hydrogen-bond acceptors (Lipinski definition) is 3.